The van der Waals surface area contributed by atoms with Crippen molar-refractivity contribution in [2.75, 3.05) is 0 Å². The maximum Gasteiger partial charge on any atom is 0.134 e. The van der Waals surface area contributed by atoms with Crippen molar-refractivity contribution in [1.29, 1.82) is 0 Å². The van der Waals surface area contributed by atoms with Crippen molar-refractivity contribution in [2.45, 2.75) is 46.2 Å². The second-order valence-electron chi connectivity index (χ2n) is 5.65. The van der Waals surface area contributed by atoms with Gasteiger partial charge in [0.1, 0.15) is 5.82 Å². The van der Waals surface area contributed by atoms with Crippen molar-refractivity contribution in [3.05, 3.63) is 39.9 Å². The van der Waals surface area contributed by atoms with Gasteiger partial charge >= 0.3 is 0 Å². The van der Waals surface area contributed by atoms with Crippen LogP contribution in [0.5, 0.6) is 0 Å². The topological polar surface area (TPSA) is 50.7 Å². The predicted octanol–water partition coefficient (Wildman–Crippen LogP) is 2.72. The number of rotatable bonds is 4. The molecule has 0 aliphatic rings. The van der Waals surface area contributed by atoms with E-state index in [2.05, 4.69) is 46.4 Å². The Labute approximate surface area is 118 Å². The van der Waals surface area contributed by atoms with Crippen molar-refractivity contribution in [3.63, 3.8) is 0 Å². The molecule has 102 valence electrons. The van der Waals surface area contributed by atoms with Gasteiger partial charge in [-0.05, 0) is 27.7 Å². The van der Waals surface area contributed by atoms with Gasteiger partial charge in [0, 0.05) is 35.4 Å². The van der Waals surface area contributed by atoms with Gasteiger partial charge < -0.3 is 5.32 Å². The summed E-state index contributed by atoms with van der Waals surface area (Å²) >= 11 is 1.66. The lowest BCUT2D eigenvalue weighted by atomic mass is 10.1. The first-order chi connectivity index (χ1) is 8.92. The van der Waals surface area contributed by atoms with Crippen LogP contribution in [0, 0.1) is 6.92 Å². The molecule has 0 spiro atoms. The molecule has 0 saturated heterocycles. The molecule has 2 heterocycles. The molecule has 1 N–H and O–H groups in total. The van der Waals surface area contributed by atoms with Crippen LogP contribution in [0.4, 0.5) is 0 Å². The maximum absolute atomic E-state index is 4.42. The van der Waals surface area contributed by atoms with Crippen molar-refractivity contribution >= 4 is 11.3 Å². The highest BCUT2D eigenvalue weighted by Crippen LogP contribution is 2.11. The minimum absolute atomic E-state index is 0.108. The van der Waals surface area contributed by atoms with Gasteiger partial charge in [-0.1, -0.05) is 0 Å². The summed E-state index contributed by atoms with van der Waals surface area (Å²) in [6.07, 6.45) is 4.48. The van der Waals surface area contributed by atoms with Crippen LogP contribution in [0.2, 0.25) is 0 Å². The smallest absolute Gasteiger partial charge is 0.134 e. The lowest BCUT2D eigenvalue weighted by Gasteiger charge is -2.20. The molecule has 0 atom stereocenters. The Kier molecular flexibility index (Phi) is 4.27. The molecule has 0 unspecified atom stereocenters. The largest absolute Gasteiger partial charge is 0.308 e. The molecule has 19 heavy (non-hydrogen) atoms. The second-order valence-corrected chi connectivity index (χ2v) is 6.71. The fourth-order valence-electron chi connectivity index (χ4n) is 1.58. The van der Waals surface area contributed by atoms with E-state index < -0.39 is 0 Å². The zero-order chi connectivity index (χ0) is 13.9. The third-order valence-electron chi connectivity index (χ3n) is 2.59. The summed E-state index contributed by atoms with van der Waals surface area (Å²) in [6.45, 7) is 9.24. The Bertz CT molecular complexity index is 525. The van der Waals surface area contributed by atoms with E-state index in [9.17, 15) is 0 Å². The van der Waals surface area contributed by atoms with Crippen LogP contribution < -0.4 is 5.32 Å². The number of thiazole rings is 1. The third-order valence-corrected chi connectivity index (χ3v) is 3.41. The fourth-order valence-corrected chi connectivity index (χ4v) is 2.20. The molecule has 5 heteroatoms. The first-order valence-electron chi connectivity index (χ1n) is 6.38. The van der Waals surface area contributed by atoms with E-state index in [0.717, 1.165) is 28.6 Å². The van der Waals surface area contributed by atoms with E-state index in [4.69, 9.17) is 0 Å². The van der Waals surface area contributed by atoms with E-state index in [1.807, 2.05) is 19.3 Å². The van der Waals surface area contributed by atoms with Crippen LogP contribution in [0.15, 0.2) is 17.8 Å². The number of hydrogen-bond acceptors (Lipinski definition) is 5. The lowest BCUT2D eigenvalue weighted by Crippen LogP contribution is -2.35. The van der Waals surface area contributed by atoms with Gasteiger partial charge in [0.25, 0.3) is 0 Å². The number of aromatic nitrogens is 3. The summed E-state index contributed by atoms with van der Waals surface area (Å²) in [7, 11) is 0. The van der Waals surface area contributed by atoms with Crippen LogP contribution in [0.3, 0.4) is 0 Å². The summed E-state index contributed by atoms with van der Waals surface area (Å²) in [5, 5.41) is 6.57. The number of aryl methyl sites for hydroxylation is 1. The highest BCUT2D eigenvalue weighted by molar-refractivity contribution is 7.09. The van der Waals surface area contributed by atoms with Gasteiger partial charge in [-0.25, -0.2) is 15.0 Å². The van der Waals surface area contributed by atoms with Gasteiger partial charge in [0.2, 0.25) is 0 Å². The monoisotopic (exact) mass is 276 g/mol. The minimum Gasteiger partial charge on any atom is -0.308 e. The number of nitrogens with zero attached hydrogens (tertiary/aromatic N) is 3. The number of nitrogens with one attached hydrogen (secondary N) is 1. The van der Waals surface area contributed by atoms with Crippen LogP contribution in [-0.4, -0.2) is 20.5 Å². The predicted molar refractivity (Wildman–Crippen MR) is 78.3 cm³/mol. The average Bonchev–Trinajstić information content (AvgIpc) is 2.73. The quantitative estimate of drug-likeness (QED) is 0.933. The first-order valence-corrected chi connectivity index (χ1v) is 7.26. The Morgan fingerprint density at radius 2 is 1.89 bits per heavy atom. The van der Waals surface area contributed by atoms with Crippen molar-refractivity contribution < 1.29 is 0 Å². The molecule has 0 bridgehead atoms. The summed E-state index contributed by atoms with van der Waals surface area (Å²) in [5.41, 5.74) is 2.26. The van der Waals surface area contributed by atoms with Gasteiger partial charge in [-0.2, -0.15) is 0 Å². The minimum atomic E-state index is 0.108. The maximum atomic E-state index is 4.42. The molecule has 2 rings (SSSR count). The first kappa shape index (κ1) is 14.1. The lowest BCUT2D eigenvalue weighted by molar-refractivity contribution is 0.423. The molecule has 0 aromatic carbocycles. The van der Waals surface area contributed by atoms with E-state index >= 15 is 0 Å². The Balaban J connectivity index is 1.95. The average molecular weight is 276 g/mol. The van der Waals surface area contributed by atoms with Gasteiger partial charge in [0.05, 0.1) is 17.1 Å². The highest BCUT2D eigenvalue weighted by atomic mass is 32.1. The fraction of sp³-hybridized carbons (Fsp3) is 0.500. The zero-order valence-electron chi connectivity index (χ0n) is 11.9. The molecular weight excluding hydrogens is 256 g/mol. The summed E-state index contributed by atoms with van der Waals surface area (Å²) in [5.74, 6) is 0.824. The van der Waals surface area contributed by atoms with Crippen LogP contribution in [0.1, 0.15) is 42.9 Å². The molecular formula is C14H20N4S. The normalized spacial score (nSPS) is 11.8. The second kappa shape index (κ2) is 5.75. The summed E-state index contributed by atoms with van der Waals surface area (Å²) in [4.78, 5) is 13.2. The van der Waals surface area contributed by atoms with Crippen molar-refractivity contribution in [2.24, 2.45) is 0 Å². The van der Waals surface area contributed by atoms with E-state index in [1.165, 1.54) is 0 Å². The highest BCUT2D eigenvalue weighted by Gasteiger charge is 2.09. The van der Waals surface area contributed by atoms with E-state index in [-0.39, 0.29) is 5.54 Å². The van der Waals surface area contributed by atoms with E-state index in [0.29, 0.717) is 6.42 Å². The SMILES string of the molecule is Cc1nc(Cc2ncc(CNC(C)(C)C)cn2)cs1. The standard InChI is InChI=1S/C14H20N4S/c1-10-18-12(9-19-10)5-13-15-6-11(7-16-13)8-17-14(2,3)4/h6-7,9,17H,5,8H2,1-4H3. The molecule has 0 amide bonds. The van der Waals surface area contributed by atoms with Crippen molar-refractivity contribution in [3.8, 4) is 0 Å². The van der Waals surface area contributed by atoms with E-state index in [1.54, 1.807) is 11.3 Å². The zero-order valence-corrected chi connectivity index (χ0v) is 12.7. The summed E-state index contributed by atoms with van der Waals surface area (Å²) < 4.78 is 0. The molecule has 0 aliphatic carbocycles. The number of hydrogen-bond donors (Lipinski definition) is 1. The van der Waals surface area contributed by atoms with Gasteiger partial charge in [-0.15, -0.1) is 11.3 Å². The van der Waals surface area contributed by atoms with Gasteiger partial charge in [-0.3, -0.25) is 0 Å². The molecule has 0 fully saturated rings. The molecule has 2 aromatic rings. The van der Waals surface area contributed by atoms with Crippen molar-refractivity contribution in [1.82, 2.24) is 20.3 Å². The van der Waals surface area contributed by atoms with Crippen LogP contribution >= 0.6 is 11.3 Å². The molecule has 0 aliphatic heterocycles. The summed E-state index contributed by atoms with van der Waals surface area (Å²) in [6, 6.07) is 0. The Morgan fingerprint density at radius 3 is 2.42 bits per heavy atom. The Hall–Kier alpha value is -1.33. The van der Waals surface area contributed by atoms with Crippen LogP contribution in [-0.2, 0) is 13.0 Å². The molecule has 0 saturated carbocycles. The molecule has 4 nitrogen and oxygen atoms in total. The Morgan fingerprint density at radius 1 is 1.21 bits per heavy atom. The third kappa shape index (κ3) is 4.69. The van der Waals surface area contributed by atoms with Crippen LogP contribution in [0.25, 0.3) is 0 Å². The molecule has 2 aromatic heterocycles. The van der Waals surface area contributed by atoms with Gasteiger partial charge in [0.15, 0.2) is 0 Å². The molecule has 0 radical (unpaired) electrons.